The van der Waals surface area contributed by atoms with Crippen molar-refractivity contribution in [1.82, 2.24) is 23.8 Å². The van der Waals surface area contributed by atoms with Gasteiger partial charge in [0.2, 0.25) is 21.9 Å². The van der Waals surface area contributed by atoms with Gasteiger partial charge in [0, 0.05) is 19.1 Å². The maximum atomic E-state index is 14.9. The lowest BCUT2D eigenvalue weighted by atomic mass is 9.93. The van der Waals surface area contributed by atoms with Gasteiger partial charge >= 0.3 is 0 Å². The average Bonchev–Trinajstić information content (AvgIpc) is 3.42. The van der Waals surface area contributed by atoms with Crippen LogP contribution in [0.3, 0.4) is 0 Å². The number of rotatable bonds is 6. The number of hydrogen-bond acceptors (Lipinski definition) is 8. The van der Waals surface area contributed by atoms with Gasteiger partial charge in [-0.15, -0.1) is 0 Å². The highest BCUT2D eigenvalue weighted by Crippen LogP contribution is 2.34. The molecule has 1 atom stereocenters. The molecule has 12 heteroatoms. The normalized spacial score (nSPS) is 23.3. The number of fused-ring (bicyclic) bond motifs is 1. The van der Waals surface area contributed by atoms with Crippen LogP contribution in [0, 0.1) is 19.7 Å². The predicted octanol–water partition coefficient (Wildman–Crippen LogP) is 3.25. The number of sulfonamides is 1. The number of hydrogen-bond donors (Lipinski definition) is 3. The van der Waals surface area contributed by atoms with Crippen LogP contribution in [0.25, 0.3) is 11.2 Å². The Kier molecular flexibility index (Phi) is 6.60. The second kappa shape index (κ2) is 9.56. The van der Waals surface area contributed by atoms with Crippen LogP contribution >= 0.6 is 0 Å². The number of aliphatic hydroxyl groups is 1. The van der Waals surface area contributed by atoms with Gasteiger partial charge in [-0.3, -0.25) is 4.57 Å². The van der Waals surface area contributed by atoms with E-state index >= 15 is 0 Å². The number of nitrogens with zero attached hydrogens (tertiary/aromatic N) is 5. The topological polar surface area (TPSA) is 125 Å². The largest absolute Gasteiger partial charge is 0.393 e. The van der Waals surface area contributed by atoms with Crippen molar-refractivity contribution in [2.24, 2.45) is 0 Å². The lowest BCUT2D eigenvalue weighted by Crippen LogP contribution is -2.29. The molecule has 1 saturated heterocycles. The minimum absolute atomic E-state index is 0.163. The zero-order valence-electron chi connectivity index (χ0n) is 20.7. The third kappa shape index (κ3) is 5.02. The average molecular weight is 518 g/mol. The van der Waals surface area contributed by atoms with E-state index in [1.54, 1.807) is 6.20 Å². The Labute approximate surface area is 210 Å². The van der Waals surface area contributed by atoms with Crippen LogP contribution in [-0.4, -0.2) is 68.8 Å². The fraction of sp³-hybridized carbons (Fsp3) is 0.542. The Morgan fingerprint density at radius 2 is 1.86 bits per heavy atom. The van der Waals surface area contributed by atoms with Crippen molar-refractivity contribution < 1.29 is 17.9 Å². The summed E-state index contributed by atoms with van der Waals surface area (Å²) in [5.74, 6) is 0.457. The monoisotopic (exact) mass is 517 g/mol. The summed E-state index contributed by atoms with van der Waals surface area (Å²) >= 11 is 0. The van der Waals surface area contributed by atoms with Crippen LogP contribution in [0.15, 0.2) is 18.3 Å². The van der Waals surface area contributed by atoms with Gasteiger partial charge in [0.1, 0.15) is 11.3 Å². The lowest BCUT2D eigenvalue weighted by Gasteiger charge is -2.26. The highest BCUT2D eigenvalue weighted by atomic mass is 32.2. The van der Waals surface area contributed by atoms with Crippen molar-refractivity contribution in [1.29, 1.82) is 0 Å². The summed E-state index contributed by atoms with van der Waals surface area (Å²) in [6.07, 6.45) is 6.28. The Bertz CT molecular complexity index is 1360. The van der Waals surface area contributed by atoms with Gasteiger partial charge in [0.15, 0.2) is 5.65 Å². The number of aryl methyl sites for hydroxylation is 2. The summed E-state index contributed by atoms with van der Waals surface area (Å²) in [6, 6.07) is 3.29. The number of imidazole rings is 1. The summed E-state index contributed by atoms with van der Waals surface area (Å²) in [4.78, 5) is 13.9. The summed E-state index contributed by atoms with van der Waals surface area (Å²) < 4.78 is 42.6. The second-order valence-corrected chi connectivity index (χ2v) is 12.0. The van der Waals surface area contributed by atoms with E-state index in [2.05, 4.69) is 20.6 Å². The third-order valence-corrected chi connectivity index (χ3v) is 8.36. The number of anilines is 3. The van der Waals surface area contributed by atoms with Crippen molar-refractivity contribution in [2.45, 2.75) is 64.1 Å². The molecule has 2 fully saturated rings. The molecule has 3 heterocycles. The van der Waals surface area contributed by atoms with Gasteiger partial charge in [-0.25, -0.2) is 27.1 Å². The second-order valence-electron chi connectivity index (χ2n) is 9.98. The lowest BCUT2D eigenvalue weighted by molar-refractivity contribution is 0.126. The van der Waals surface area contributed by atoms with Crippen molar-refractivity contribution in [3.05, 3.63) is 35.3 Å². The first-order chi connectivity index (χ1) is 17.1. The number of nitrogens with one attached hydrogen (secondary N) is 2. The first kappa shape index (κ1) is 24.8. The third-order valence-electron chi connectivity index (χ3n) is 7.09. The molecule has 0 bridgehead atoms. The minimum atomic E-state index is -3.35. The van der Waals surface area contributed by atoms with E-state index in [9.17, 15) is 17.9 Å². The molecule has 0 radical (unpaired) electrons. The number of aromatic nitrogens is 4. The van der Waals surface area contributed by atoms with E-state index < -0.39 is 10.0 Å². The van der Waals surface area contributed by atoms with E-state index in [-0.39, 0.29) is 30.5 Å². The fourth-order valence-electron chi connectivity index (χ4n) is 5.21. The van der Waals surface area contributed by atoms with Crippen LogP contribution in [0.5, 0.6) is 0 Å². The Morgan fingerprint density at radius 3 is 2.53 bits per heavy atom. The maximum Gasteiger partial charge on any atom is 0.224 e. The molecule has 2 aromatic heterocycles. The SMILES string of the molecule is Cc1cc(C)c(Nc2nc3cnc(NC4CCC(O)CC4)nc3n2[C@@H]2CCN(S(C)(=O)=O)C2)c(F)c1. The van der Waals surface area contributed by atoms with E-state index in [0.717, 1.165) is 36.8 Å². The van der Waals surface area contributed by atoms with E-state index in [4.69, 9.17) is 4.98 Å². The van der Waals surface area contributed by atoms with E-state index in [1.807, 2.05) is 24.5 Å². The van der Waals surface area contributed by atoms with Crippen molar-refractivity contribution >= 4 is 38.8 Å². The molecule has 0 unspecified atom stereocenters. The number of halogens is 1. The van der Waals surface area contributed by atoms with Crippen LogP contribution in [0.2, 0.25) is 0 Å². The van der Waals surface area contributed by atoms with Crippen LogP contribution in [-0.2, 0) is 10.0 Å². The van der Waals surface area contributed by atoms with Gasteiger partial charge in [-0.1, -0.05) is 6.07 Å². The standard InChI is InChI=1S/C24H32FN7O3S/c1-14-10-15(2)21(19(25)11-14)29-24-28-20-12-26-23(27-16-4-6-18(33)7-5-16)30-22(20)32(24)17-8-9-31(13-17)36(3,34)35/h10-12,16-18,33H,4-9,13H2,1-3H3,(H,28,29)(H,26,27,30)/t16?,17-,18?/m1/s1. The smallest absolute Gasteiger partial charge is 0.224 e. The highest BCUT2D eigenvalue weighted by Gasteiger charge is 2.33. The summed E-state index contributed by atoms with van der Waals surface area (Å²) in [5, 5.41) is 16.3. The number of benzene rings is 1. The van der Waals surface area contributed by atoms with Gasteiger partial charge < -0.3 is 15.7 Å². The summed E-state index contributed by atoms with van der Waals surface area (Å²) in [6.45, 7) is 4.34. The van der Waals surface area contributed by atoms with Crippen LogP contribution in [0.4, 0.5) is 22.0 Å². The molecule has 5 rings (SSSR count). The van der Waals surface area contributed by atoms with Crippen molar-refractivity contribution in [3.8, 4) is 0 Å². The van der Waals surface area contributed by atoms with Gasteiger partial charge in [0.25, 0.3) is 0 Å². The van der Waals surface area contributed by atoms with Gasteiger partial charge in [0.05, 0.1) is 30.3 Å². The molecule has 1 saturated carbocycles. The van der Waals surface area contributed by atoms with E-state index in [0.29, 0.717) is 41.7 Å². The quantitative estimate of drug-likeness (QED) is 0.455. The van der Waals surface area contributed by atoms with Crippen molar-refractivity contribution in [3.63, 3.8) is 0 Å². The van der Waals surface area contributed by atoms with E-state index in [1.165, 1.54) is 16.6 Å². The molecule has 194 valence electrons. The molecule has 2 aliphatic rings. The molecule has 1 aromatic carbocycles. The Morgan fingerprint density at radius 1 is 1.11 bits per heavy atom. The number of aliphatic hydroxyl groups excluding tert-OH is 1. The maximum absolute atomic E-state index is 14.9. The molecule has 36 heavy (non-hydrogen) atoms. The molecule has 10 nitrogen and oxygen atoms in total. The Balaban J connectivity index is 1.54. The molecular formula is C24H32FN7O3S. The first-order valence-corrected chi connectivity index (χ1v) is 14.1. The van der Waals surface area contributed by atoms with Crippen LogP contribution in [0.1, 0.15) is 49.3 Å². The molecule has 3 aromatic rings. The molecule has 1 aliphatic heterocycles. The summed E-state index contributed by atoms with van der Waals surface area (Å²) in [7, 11) is -3.35. The molecule has 0 amide bonds. The molecule has 1 aliphatic carbocycles. The van der Waals surface area contributed by atoms with Crippen LogP contribution < -0.4 is 10.6 Å². The molecule has 3 N–H and O–H groups in total. The van der Waals surface area contributed by atoms with Crippen molar-refractivity contribution in [2.75, 3.05) is 30.0 Å². The molecule has 0 spiro atoms. The zero-order valence-corrected chi connectivity index (χ0v) is 21.5. The van der Waals surface area contributed by atoms with Gasteiger partial charge in [-0.2, -0.15) is 4.98 Å². The highest BCUT2D eigenvalue weighted by molar-refractivity contribution is 7.88. The fourth-order valence-corrected chi connectivity index (χ4v) is 6.09. The summed E-state index contributed by atoms with van der Waals surface area (Å²) in [5.41, 5.74) is 2.97. The first-order valence-electron chi connectivity index (χ1n) is 12.3. The predicted molar refractivity (Wildman–Crippen MR) is 136 cm³/mol. The van der Waals surface area contributed by atoms with Gasteiger partial charge in [-0.05, 0) is 63.1 Å². The zero-order chi connectivity index (χ0) is 25.6. The molecular weight excluding hydrogens is 485 g/mol. The minimum Gasteiger partial charge on any atom is -0.393 e. The Hall–Kier alpha value is -2.83.